The highest BCUT2D eigenvalue weighted by Gasteiger charge is 2.26. The number of nitrogens with zero attached hydrogens (tertiary/aromatic N) is 1. The van der Waals surface area contributed by atoms with Gasteiger partial charge in [0.25, 0.3) is 5.91 Å². The summed E-state index contributed by atoms with van der Waals surface area (Å²) in [4.78, 5) is 23.3. The van der Waals surface area contributed by atoms with Gasteiger partial charge >= 0.3 is 0 Å². The maximum Gasteiger partial charge on any atom is 0.251 e. The summed E-state index contributed by atoms with van der Waals surface area (Å²) in [7, 11) is 1.99. The monoisotopic (exact) mass is 252 g/mol. The van der Waals surface area contributed by atoms with Crippen LogP contribution < -0.4 is 5.32 Å². The summed E-state index contributed by atoms with van der Waals surface area (Å²) in [5.74, 6) is 1.20. The third kappa shape index (κ3) is 4.90. The second-order valence-corrected chi connectivity index (χ2v) is 5.57. The van der Waals surface area contributed by atoms with Crippen molar-refractivity contribution in [2.45, 2.75) is 45.6 Å². The Kier molecular flexibility index (Phi) is 5.89. The van der Waals surface area contributed by atoms with Crippen molar-refractivity contribution < 1.29 is 9.59 Å². The first-order valence-corrected chi connectivity index (χ1v) is 6.67. The van der Waals surface area contributed by atoms with Crippen LogP contribution in [-0.2, 0) is 9.59 Å². The minimum Gasteiger partial charge on any atom is -0.377 e. The van der Waals surface area contributed by atoms with Gasteiger partial charge in [-0.3, -0.25) is 14.9 Å². The van der Waals surface area contributed by atoms with E-state index >= 15 is 0 Å². The molecule has 4 nitrogen and oxygen atoms in total. The first-order valence-electron chi connectivity index (χ1n) is 6.67. The van der Waals surface area contributed by atoms with E-state index < -0.39 is 0 Å². The Labute approximate surface area is 109 Å². The molecule has 2 unspecified atom stereocenters. The summed E-state index contributed by atoms with van der Waals surface area (Å²) in [6, 6.07) is 0.522. The standard InChI is InChI=1S/C14H24N2O2/c1-11(2)8-12-4-5-13(9-12)16(3)7-6-14(18)15-10-17/h6-7,10-13H,4-5,8-9H2,1-3H3,(H,15,17,18)/b7-6-. The van der Waals surface area contributed by atoms with Crippen LogP contribution in [0.2, 0.25) is 0 Å². The fourth-order valence-electron chi connectivity index (χ4n) is 2.71. The van der Waals surface area contributed by atoms with E-state index in [9.17, 15) is 9.59 Å². The predicted molar refractivity (Wildman–Crippen MR) is 71.7 cm³/mol. The van der Waals surface area contributed by atoms with Gasteiger partial charge in [0.15, 0.2) is 0 Å². The number of nitrogens with one attached hydrogen (secondary N) is 1. The third-order valence-corrected chi connectivity index (χ3v) is 3.56. The molecule has 0 radical (unpaired) electrons. The molecule has 4 heteroatoms. The molecule has 1 fully saturated rings. The lowest BCUT2D eigenvalue weighted by Gasteiger charge is -2.22. The molecule has 0 aromatic carbocycles. The summed E-state index contributed by atoms with van der Waals surface area (Å²) in [5.41, 5.74) is 0. The Morgan fingerprint density at radius 1 is 1.44 bits per heavy atom. The van der Waals surface area contributed by atoms with Crippen molar-refractivity contribution in [2.75, 3.05) is 7.05 Å². The van der Waals surface area contributed by atoms with Crippen LogP contribution in [0.3, 0.4) is 0 Å². The molecule has 0 saturated heterocycles. The third-order valence-electron chi connectivity index (χ3n) is 3.56. The van der Waals surface area contributed by atoms with Gasteiger partial charge in [-0.05, 0) is 37.5 Å². The number of hydrogen-bond donors (Lipinski definition) is 1. The molecule has 1 aliphatic carbocycles. The predicted octanol–water partition coefficient (Wildman–Crippen LogP) is 1.92. The van der Waals surface area contributed by atoms with Crippen molar-refractivity contribution >= 4 is 12.3 Å². The number of carbonyl (C=O) groups excluding carboxylic acids is 2. The fraction of sp³-hybridized carbons (Fsp3) is 0.714. The fourth-order valence-corrected chi connectivity index (χ4v) is 2.71. The highest BCUT2D eigenvalue weighted by Crippen LogP contribution is 2.33. The molecule has 0 aliphatic heterocycles. The summed E-state index contributed by atoms with van der Waals surface area (Å²) in [6.07, 6.45) is 8.54. The van der Waals surface area contributed by atoms with E-state index in [0.29, 0.717) is 12.5 Å². The van der Waals surface area contributed by atoms with Gasteiger partial charge in [0.05, 0.1) is 0 Å². The van der Waals surface area contributed by atoms with Crippen LogP contribution in [-0.4, -0.2) is 30.3 Å². The Hall–Kier alpha value is -1.32. The van der Waals surface area contributed by atoms with E-state index in [1.807, 2.05) is 7.05 Å². The number of imide groups is 1. The Balaban J connectivity index is 2.37. The van der Waals surface area contributed by atoms with E-state index in [1.54, 1.807) is 6.20 Å². The largest absolute Gasteiger partial charge is 0.377 e. The molecule has 0 spiro atoms. The van der Waals surface area contributed by atoms with Crippen molar-refractivity contribution in [3.8, 4) is 0 Å². The van der Waals surface area contributed by atoms with E-state index in [0.717, 1.165) is 11.8 Å². The maximum atomic E-state index is 11.1. The second kappa shape index (κ2) is 7.19. The van der Waals surface area contributed by atoms with Gasteiger partial charge in [-0.25, -0.2) is 0 Å². The molecule has 1 rings (SSSR count). The van der Waals surface area contributed by atoms with Crippen LogP contribution in [0.4, 0.5) is 0 Å². The number of rotatable bonds is 6. The lowest BCUT2D eigenvalue weighted by molar-refractivity contribution is -0.121. The van der Waals surface area contributed by atoms with E-state index in [1.165, 1.54) is 31.8 Å². The molecule has 0 bridgehead atoms. The lowest BCUT2D eigenvalue weighted by Crippen LogP contribution is -2.26. The van der Waals surface area contributed by atoms with Gasteiger partial charge in [-0.1, -0.05) is 13.8 Å². The topological polar surface area (TPSA) is 49.4 Å². The average Bonchev–Trinajstić information content (AvgIpc) is 2.74. The number of hydrogen-bond acceptors (Lipinski definition) is 3. The highest BCUT2D eigenvalue weighted by atomic mass is 16.2. The van der Waals surface area contributed by atoms with Crippen LogP contribution in [0.1, 0.15) is 39.5 Å². The Morgan fingerprint density at radius 2 is 2.17 bits per heavy atom. The zero-order valence-corrected chi connectivity index (χ0v) is 11.6. The molecular formula is C14H24N2O2. The van der Waals surface area contributed by atoms with Crippen molar-refractivity contribution in [1.82, 2.24) is 10.2 Å². The molecule has 1 saturated carbocycles. The van der Waals surface area contributed by atoms with Gasteiger partial charge < -0.3 is 4.90 Å². The molecule has 2 atom stereocenters. The zero-order chi connectivity index (χ0) is 13.5. The van der Waals surface area contributed by atoms with E-state index in [2.05, 4.69) is 24.1 Å². The molecule has 1 aliphatic rings. The lowest BCUT2D eigenvalue weighted by atomic mass is 9.96. The SMILES string of the molecule is CC(C)CC1CCC(N(C)/C=C\C(=O)NC=O)C1. The Bertz CT molecular complexity index is 313. The van der Waals surface area contributed by atoms with E-state index in [-0.39, 0.29) is 5.91 Å². The van der Waals surface area contributed by atoms with Crippen LogP contribution in [0, 0.1) is 11.8 Å². The van der Waals surface area contributed by atoms with Crippen molar-refractivity contribution in [2.24, 2.45) is 11.8 Å². The van der Waals surface area contributed by atoms with Crippen LogP contribution >= 0.6 is 0 Å². The smallest absolute Gasteiger partial charge is 0.251 e. The van der Waals surface area contributed by atoms with Gasteiger partial charge in [0.1, 0.15) is 0 Å². The zero-order valence-electron chi connectivity index (χ0n) is 11.6. The Morgan fingerprint density at radius 3 is 2.78 bits per heavy atom. The minimum absolute atomic E-state index is 0.367. The molecule has 1 N–H and O–H groups in total. The molecule has 0 aromatic rings. The van der Waals surface area contributed by atoms with Crippen molar-refractivity contribution in [3.05, 3.63) is 12.3 Å². The molecule has 18 heavy (non-hydrogen) atoms. The molecule has 0 aromatic heterocycles. The van der Waals surface area contributed by atoms with Gasteiger partial charge in [0.2, 0.25) is 6.41 Å². The van der Waals surface area contributed by atoms with Crippen molar-refractivity contribution in [1.29, 1.82) is 0 Å². The first-order chi connectivity index (χ1) is 8.52. The first kappa shape index (κ1) is 14.7. The number of carbonyl (C=O) groups is 2. The molecular weight excluding hydrogens is 228 g/mol. The van der Waals surface area contributed by atoms with Gasteiger partial charge in [0, 0.05) is 25.4 Å². The molecule has 102 valence electrons. The van der Waals surface area contributed by atoms with Gasteiger partial charge in [-0.15, -0.1) is 0 Å². The van der Waals surface area contributed by atoms with Gasteiger partial charge in [-0.2, -0.15) is 0 Å². The highest BCUT2D eigenvalue weighted by molar-refractivity contribution is 5.94. The second-order valence-electron chi connectivity index (χ2n) is 5.57. The minimum atomic E-state index is -0.367. The normalized spacial score (nSPS) is 23.6. The van der Waals surface area contributed by atoms with Crippen molar-refractivity contribution in [3.63, 3.8) is 0 Å². The number of amides is 2. The summed E-state index contributed by atoms with van der Waals surface area (Å²) < 4.78 is 0. The summed E-state index contributed by atoms with van der Waals surface area (Å²) in [6.45, 7) is 4.53. The summed E-state index contributed by atoms with van der Waals surface area (Å²) in [5, 5.41) is 2.09. The van der Waals surface area contributed by atoms with Crippen LogP contribution in [0.5, 0.6) is 0 Å². The molecule has 2 amide bonds. The van der Waals surface area contributed by atoms with E-state index in [4.69, 9.17) is 0 Å². The molecule has 0 heterocycles. The average molecular weight is 252 g/mol. The maximum absolute atomic E-state index is 11.1. The van der Waals surface area contributed by atoms with Crippen LogP contribution in [0.25, 0.3) is 0 Å². The summed E-state index contributed by atoms with van der Waals surface area (Å²) >= 11 is 0. The quantitative estimate of drug-likeness (QED) is 0.580. The van der Waals surface area contributed by atoms with Crippen LogP contribution in [0.15, 0.2) is 12.3 Å².